The van der Waals surface area contributed by atoms with Crippen LogP contribution in [-0.4, -0.2) is 29.0 Å². The van der Waals surface area contributed by atoms with Crippen LogP contribution in [0.4, 0.5) is 0 Å². The maximum atomic E-state index is 5.94. The molecule has 0 bridgehead atoms. The monoisotopic (exact) mass is 219 g/mol. The standard InChI is InChI=1S/C13H21N3/c1-13(10-14,11-6-7-11)16(2)9-12-5-3-4-8-15-12/h3-5,8,11H,6-7,9-10,14H2,1-2H3. The van der Waals surface area contributed by atoms with Crippen molar-refractivity contribution in [2.75, 3.05) is 13.6 Å². The van der Waals surface area contributed by atoms with Gasteiger partial charge in [0.15, 0.2) is 0 Å². The van der Waals surface area contributed by atoms with Crippen LogP contribution in [0.1, 0.15) is 25.5 Å². The van der Waals surface area contributed by atoms with Gasteiger partial charge in [-0.05, 0) is 44.9 Å². The highest BCUT2D eigenvalue weighted by Gasteiger charge is 2.43. The van der Waals surface area contributed by atoms with Gasteiger partial charge in [0, 0.05) is 24.8 Å². The third-order valence-electron chi connectivity index (χ3n) is 3.87. The molecule has 2 N–H and O–H groups in total. The molecule has 0 aromatic carbocycles. The molecule has 2 rings (SSSR count). The highest BCUT2D eigenvalue weighted by molar-refractivity contribution is 5.06. The summed E-state index contributed by atoms with van der Waals surface area (Å²) in [6, 6.07) is 6.06. The Hall–Kier alpha value is -0.930. The number of rotatable bonds is 5. The lowest BCUT2D eigenvalue weighted by Gasteiger charge is -2.38. The Balaban J connectivity index is 2.04. The zero-order chi connectivity index (χ0) is 11.6. The second-order valence-corrected chi connectivity index (χ2v) is 5.01. The van der Waals surface area contributed by atoms with Crippen LogP contribution in [0.25, 0.3) is 0 Å². The van der Waals surface area contributed by atoms with Gasteiger partial charge in [0.1, 0.15) is 0 Å². The number of likely N-dealkylation sites (N-methyl/N-ethyl adjacent to an activating group) is 1. The first-order valence-electron chi connectivity index (χ1n) is 5.98. The van der Waals surface area contributed by atoms with Crippen molar-refractivity contribution < 1.29 is 0 Å². The van der Waals surface area contributed by atoms with Gasteiger partial charge in [0.2, 0.25) is 0 Å². The Morgan fingerprint density at radius 3 is 2.75 bits per heavy atom. The Bertz CT molecular complexity index is 334. The third-order valence-corrected chi connectivity index (χ3v) is 3.87. The molecule has 1 aliphatic carbocycles. The molecule has 1 fully saturated rings. The minimum absolute atomic E-state index is 0.136. The second-order valence-electron chi connectivity index (χ2n) is 5.01. The summed E-state index contributed by atoms with van der Waals surface area (Å²) in [4.78, 5) is 6.72. The molecule has 0 spiro atoms. The molecule has 1 aromatic rings. The van der Waals surface area contributed by atoms with Crippen LogP contribution in [0, 0.1) is 5.92 Å². The highest BCUT2D eigenvalue weighted by Crippen LogP contribution is 2.42. The van der Waals surface area contributed by atoms with Crippen molar-refractivity contribution in [3.8, 4) is 0 Å². The van der Waals surface area contributed by atoms with Crippen molar-refractivity contribution in [3.63, 3.8) is 0 Å². The Labute approximate surface area is 97.7 Å². The van der Waals surface area contributed by atoms with E-state index in [0.29, 0.717) is 0 Å². The van der Waals surface area contributed by atoms with Crippen molar-refractivity contribution >= 4 is 0 Å². The van der Waals surface area contributed by atoms with E-state index >= 15 is 0 Å². The predicted octanol–water partition coefficient (Wildman–Crippen LogP) is 1.64. The largest absolute Gasteiger partial charge is 0.329 e. The van der Waals surface area contributed by atoms with Gasteiger partial charge in [-0.2, -0.15) is 0 Å². The first-order chi connectivity index (χ1) is 7.66. The fourth-order valence-corrected chi connectivity index (χ4v) is 2.25. The SMILES string of the molecule is CN(Cc1ccccn1)C(C)(CN)C1CC1. The van der Waals surface area contributed by atoms with Crippen molar-refractivity contribution in [1.29, 1.82) is 0 Å². The molecular weight excluding hydrogens is 198 g/mol. The fraction of sp³-hybridized carbons (Fsp3) is 0.615. The van der Waals surface area contributed by atoms with Gasteiger partial charge in [-0.15, -0.1) is 0 Å². The second kappa shape index (κ2) is 4.52. The number of nitrogens with two attached hydrogens (primary N) is 1. The lowest BCUT2D eigenvalue weighted by Crippen LogP contribution is -2.51. The Morgan fingerprint density at radius 1 is 1.50 bits per heavy atom. The summed E-state index contributed by atoms with van der Waals surface area (Å²) in [5, 5.41) is 0. The third kappa shape index (κ3) is 2.25. The molecule has 3 nitrogen and oxygen atoms in total. The van der Waals surface area contributed by atoms with Crippen LogP contribution in [0.15, 0.2) is 24.4 Å². The molecule has 0 saturated heterocycles. The van der Waals surface area contributed by atoms with Crippen LogP contribution in [0.5, 0.6) is 0 Å². The predicted molar refractivity (Wildman–Crippen MR) is 65.9 cm³/mol. The van der Waals surface area contributed by atoms with Gasteiger partial charge < -0.3 is 5.73 Å². The molecule has 0 aliphatic heterocycles. The van der Waals surface area contributed by atoms with Crippen molar-refractivity contribution in [2.45, 2.75) is 31.8 Å². The molecule has 3 heteroatoms. The van der Waals surface area contributed by atoms with Gasteiger partial charge in [0.25, 0.3) is 0 Å². The van der Waals surface area contributed by atoms with Gasteiger partial charge in [-0.25, -0.2) is 0 Å². The molecule has 0 radical (unpaired) electrons. The molecular formula is C13H21N3. The van der Waals surface area contributed by atoms with Gasteiger partial charge in [0.05, 0.1) is 5.69 Å². The Morgan fingerprint density at radius 2 is 2.25 bits per heavy atom. The summed E-state index contributed by atoms with van der Waals surface area (Å²) in [5.74, 6) is 0.770. The lowest BCUT2D eigenvalue weighted by atomic mass is 9.94. The molecule has 1 unspecified atom stereocenters. The smallest absolute Gasteiger partial charge is 0.0544 e. The maximum absolute atomic E-state index is 5.94. The van der Waals surface area contributed by atoms with E-state index < -0.39 is 0 Å². The number of aromatic nitrogens is 1. The van der Waals surface area contributed by atoms with Crippen LogP contribution >= 0.6 is 0 Å². The van der Waals surface area contributed by atoms with E-state index in [1.54, 1.807) is 0 Å². The van der Waals surface area contributed by atoms with Gasteiger partial charge >= 0.3 is 0 Å². The molecule has 16 heavy (non-hydrogen) atoms. The molecule has 88 valence electrons. The van der Waals surface area contributed by atoms with Crippen LogP contribution in [0.3, 0.4) is 0 Å². The van der Waals surface area contributed by atoms with Gasteiger partial charge in [-0.1, -0.05) is 6.07 Å². The van der Waals surface area contributed by atoms with Crippen molar-refractivity contribution in [3.05, 3.63) is 30.1 Å². The molecule has 1 aromatic heterocycles. The minimum atomic E-state index is 0.136. The maximum Gasteiger partial charge on any atom is 0.0544 e. The summed E-state index contributed by atoms with van der Waals surface area (Å²) in [7, 11) is 2.15. The first-order valence-corrected chi connectivity index (χ1v) is 5.98. The van der Waals surface area contributed by atoms with Crippen molar-refractivity contribution in [1.82, 2.24) is 9.88 Å². The minimum Gasteiger partial charge on any atom is -0.329 e. The van der Waals surface area contributed by atoms with Crippen molar-refractivity contribution in [2.24, 2.45) is 11.7 Å². The number of hydrogen-bond acceptors (Lipinski definition) is 3. The van der Waals surface area contributed by atoms with Crippen LogP contribution in [0.2, 0.25) is 0 Å². The number of nitrogens with zero attached hydrogens (tertiary/aromatic N) is 2. The fourth-order valence-electron chi connectivity index (χ4n) is 2.25. The quantitative estimate of drug-likeness (QED) is 0.818. The van der Waals surface area contributed by atoms with E-state index in [9.17, 15) is 0 Å². The molecule has 0 amide bonds. The van der Waals surface area contributed by atoms with E-state index in [2.05, 4.69) is 29.9 Å². The molecule has 1 atom stereocenters. The van der Waals surface area contributed by atoms with Crippen LogP contribution < -0.4 is 5.73 Å². The van der Waals surface area contributed by atoms with E-state index in [-0.39, 0.29) is 5.54 Å². The molecule has 1 heterocycles. The van der Waals surface area contributed by atoms with Gasteiger partial charge in [-0.3, -0.25) is 9.88 Å². The molecule has 1 aliphatic rings. The summed E-state index contributed by atoms with van der Waals surface area (Å²) in [5.41, 5.74) is 7.19. The topological polar surface area (TPSA) is 42.2 Å². The van der Waals surface area contributed by atoms with E-state index in [1.165, 1.54) is 12.8 Å². The average molecular weight is 219 g/mol. The summed E-state index contributed by atoms with van der Waals surface area (Å²) >= 11 is 0. The highest BCUT2D eigenvalue weighted by atomic mass is 15.2. The van der Waals surface area contributed by atoms with E-state index in [1.807, 2.05) is 18.3 Å². The zero-order valence-electron chi connectivity index (χ0n) is 10.2. The Kier molecular flexibility index (Phi) is 3.26. The summed E-state index contributed by atoms with van der Waals surface area (Å²) in [6.45, 7) is 3.87. The first kappa shape index (κ1) is 11.6. The van der Waals surface area contributed by atoms with E-state index in [0.717, 1.165) is 24.7 Å². The number of hydrogen-bond donors (Lipinski definition) is 1. The van der Waals surface area contributed by atoms with Crippen LogP contribution in [-0.2, 0) is 6.54 Å². The average Bonchev–Trinajstić information content (AvgIpc) is 3.13. The normalized spacial score (nSPS) is 19.8. The zero-order valence-corrected chi connectivity index (χ0v) is 10.2. The summed E-state index contributed by atoms with van der Waals surface area (Å²) < 4.78 is 0. The lowest BCUT2D eigenvalue weighted by molar-refractivity contribution is 0.111. The molecule has 1 saturated carbocycles. The van der Waals surface area contributed by atoms with E-state index in [4.69, 9.17) is 5.73 Å². The summed E-state index contributed by atoms with van der Waals surface area (Å²) in [6.07, 6.45) is 4.49. The number of pyridine rings is 1.